The Morgan fingerprint density at radius 2 is 0.959 bits per heavy atom. The molecule has 8 heteroatoms. The number of carbonyl (C=O) groups is 1. The van der Waals surface area contributed by atoms with Crippen molar-refractivity contribution in [3.05, 3.63) is 60.9 Å². The maximum Gasteiger partial charge on any atom is 0.469 e. The lowest BCUT2D eigenvalue weighted by Crippen LogP contribution is -2.27. The van der Waals surface area contributed by atoms with Crippen LogP contribution in [0.1, 0.15) is 174 Å². The third-order valence-electron chi connectivity index (χ3n) is 8.13. The molecule has 0 unspecified atom stereocenters. The van der Waals surface area contributed by atoms with Crippen LogP contribution in [0.3, 0.4) is 0 Å². The summed E-state index contributed by atoms with van der Waals surface area (Å²) in [5.41, 5.74) is 0. The lowest BCUT2D eigenvalue weighted by Gasteiger charge is -2.17. The number of esters is 1. The van der Waals surface area contributed by atoms with Gasteiger partial charge in [-0.15, -0.1) is 0 Å². The third-order valence-corrected chi connectivity index (χ3v) is 8.62. The highest BCUT2D eigenvalue weighted by Crippen LogP contribution is 2.35. The lowest BCUT2D eigenvalue weighted by atomic mass is 10.0. The van der Waals surface area contributed by atoms with Gasteiger partial charge in [-0.3, -0.25) is 9.32 Å². The molecule has 0 aliphatic rings. The van der Waals surface area contributed by atoms with Crippen LogP contribution in [0.4, 0.5) is 0 Å². The lowest BCUT2D eigenvalue weighted by molar-refractivity contribution is -0.153. The van der Waals surface area contributed by atoms with Gasteiger partial charge in [0.05, 0.1) is 12.9 Å². The fourth-order valence-electron chi connectivity index (χ4n) is 5.22. The molecule has 0 aromatic rings. The SMILES string of the molecule is CCCCC/C=C\C/C=C\C/C=C\C/C=C\CCCC(=O)O[C@H](CO/C=C\CCCCCCCCCCCCCCCC)COP(=O)(O)O. The number of phosphoric acid groups is 1. The van der Waals surface area contributed by atoms with Gasteiger partial charge in [0.1, 0.15) is 6.61 Å². The number of ether oxygens (including phenoxy) is 2. The smallest absolute Gasteiger partial charge is 0.469 e. The number of hydrogen-bond donors (Lipinski definition) is 2. The Labute approximate surface area is 301 Å². The van der Waals surface area contributed by atoms with Gasteiger partial charge >= 0.3 is 13.8 Å². The molecule has 0 fully saturated rings. The summed E-state index contributed by atoms with van der Waals surface area (Å²) < 4.78 is 26.6. The highest BCUT2D eigenvalue weighted by molar-refractivity contribution is 7.46. The van der Waals surface area contributed by atoms with Gasteiger partial charge in [-0.1, -0.05) is 159 Å². The van der Waals surface area contributed by atoms with Crippen LogP contribution in [0.25, 0.3) is 0 Å². The van der Waals surface area contributed by atoms with Gasteiger partial charge in [0.25, 0.3) is 0 Å². The molecule has 0 aliphatic heterocycles. The largest absolute Gasteiger partial charge is 0.498 e. The van der Waals surface area contributed by atoms with E-state index in [0.29, 0.717) is 6.42 Å². The molecule has 0 saturated heterocycles. The number of rotatable bonds is 36. The molecule has 0 aromatic heterocycles. The van der Waals surface area contributed by atoms with Crippen LogP contribution in [0.2, 0.25) is 0 Å². The fourth-order valence-corrected chi connectivity index (χ4v) is 5.58. The van der Waals surface area contributed by atoms with Crippen LogP contribution in [0.15, 0.2) is 60.9 Å². The minimum absolute atomic E-state index is 0.0296. The molecule has 0 rings (SSSR count). The maximum absolute atomic E-state index is 12.3. The molecule has 49 heavy (non-hydrogen) atoms. The van der Waals surface area contributed by atoms with Crippen molar-refractivity contribution in [1.29, 1.82) is 0 Å². The zero-order valence-electron chi connectivity index (χ0n) is 31.3. The molecule has 0 bridgehead atoms. The number of allylic oxidation sites excluding steroid dienone is 9. The predicted octanol–water partition coefficient (Wildman–Crippen LogP) is 12.6. The van der Waals surface area contributed by atoms with Gasteiger partial charge in [-0.2, -0.15) is 0 Å². The van der Waals surface area contributed by atoms with E-state index in [2.05, 4.69) is 67.0 Å². The van der Waals surface area contributed by atoms with E-state index in [-0.39, 0.29) is 13.0 Å². The standard InChI is InChI=1S/C41H73O7P/c1-3-5-7-9-11-13-15-17-19-21-22-24-26-28-30-32-34-36-41(42)48-40(39-47-49(43,44)45)38-46-37-35-33-31-29-27-25-23-20-18-16-14-12-10-8-6-4-2/h11,13,17,19,22,24,28,30,35,37,40H,3-10,12,14-16,18,20-21,23,25-27,29,31-34,36,38-39H2,1-2H3,(H2,43,44,45)/b13-11-,19-17-,24-22-,30-28-,37-35-/t40-/m1/s1. The number of carbonyl (C=O) groups excluding carboxylic acids is 1. The second-order valence-corrected chi connectivity index (χ2v) is 14.2. The summed E-state index contributed by atoms with van der Waals surface area (Å²) in [6.07, 6.45) is 48.8. The van der Waals surface area contributed by atoms with Crippen LogP contribution in [-0.4, -0.2) is 35.1 Å². The first-order valence-electron chi connectivity index (χ1n) is 19.6. The first-order valence-corrected chi connectivity index (χ1v) is 21.2. The Kier molecular flexibility index (Phi) is 35.9. The molecular weight excluding hydrogens is 635 g/mol. The molecule has 0 saturated carbocycles. The Bertz CT molecular complexity index is 919. The van der Waals surface area contributed by atoms with Gasteiger partial charge in [-0.25, -0.2) is 4.57 Å². The molecule has 7 nitrogen and oxygen atoms in total. The van der Waals surface area contributed by atoms with Crippen molar-refractivity contribution < 1.29 is 33.1 Å². The quantitative estimate of drug-likeness (QED) is 0.0219. The van der Waals surface area contributed by atoms with E-state index in [4.69, 9.17) is 19.3 Å². The van der Waals surface area contributed by atoms with Gasteiger partial charge in [0, 0.05) is 6.42 Å². The van der Waals surface area contributed by atoms with E-state index in [1.54, 1.807) is 6.26 Å². The summed E-state index contributed by atoms with van der Waals surface area (Å²) in [6, 6.07) is 0. The summed E-state index contributed by atoms with van der Waals surface area (Å²) in [5.74, 6) is -0.440. The summed E-state index contributed by atoms with van der Waals surface area (Å²) in [6.45, 7) is 4.03. The molecule has 0 aliphatic carbocycles. The normalized spacial score (nSPS) is 13.2. The van der Waals surface area contributed by atoms with E-state index >= 15 is 0 Å². The van der Waals surface area contributed by atoms with Crippen LogP contribution in [0.5, 0.6) is 0 Å². The Hall–Kier alpha value is -1.92. The second-order valence-electron chi connectivity index (χ2n) is 13.0. The van der Waals surface area contributed by atoms with Crippen LogP contribution in [-0.2, 0) is 23.4 Å². The van der Waals surface area contributed by atoms with E-state index in [1.165, 1.54) is 109 Å². The van der Waals surface area contributed by atoms with Crippen LogP contribution < -0.4 is 0 Å². The van der Waals surface area contributed by atoms with Gasteiger partial charge in [0.15, 0.2) is 6.10 Å². The van der Waals surface area contributed by atoms with Gasteiger partial charge < -0.3 is 19.3 Å². The average Bonchev–Trinajstić information content (AvgIpc) is 3.07. The van der Waals surface area contributed by atoms with Crippen molar-refractivity contribution in [3.8, 4) is 0 Å². The highest BCUT2D eigenvalue weighted by atomic mass is 31.2. The first-order chi connectivity index (χ1) is 23.9. The van der Waals surface area contributed by atoms with E-state index < -0.39 is 26.5 Å². The number of hydrogen-bond acceptors (Lipinski definition) is 5. The van der Waals surface area contributed by atoms with Crippen molar-refractivity contribution in [1.82, 2.24) is 0 Å². The molecule has 2 N–H and O–H groups in total. The molecule has 0 spiro atoms. The van der Waals surface area contributed by atoms with Crippen molar-refractivity contribution in [2.75, 3.05) is 13.2 Å². The topological polar surface area (TPSA) is 102 Å². The van der Waals surface area contributed by atoms with Gasteiger partial charge in [0.2, 0.25) is 0 Å². The molecular formula is C41H73O7P. The molecule has 0 radical (unpaired) electrons. The molecule has 1 atom stereocenters. The maximum atomic E-state index is 12.3. The van der Waals surface area contributed by atoms with Crippen LogP contribution in [0, 0.1) is 0 Å². The zero-order chi connectivity index (χ0) is 35.9. The zero-order valence-corrected chi connectivity index (χ0v) is 32.2. The van der Waals surface area contributed by atoms with Crippen LogP contribution >= 0.6 is 7.82 Å². The average molecular weight is 709 g/mol. The summed E-state index contributed by atoms with van der Waals surface area (Å²) in [7, 11) is -4.68. The number of phosphoric ester groups is 1. The highest BCUT2D eigenvalue weighted by Gasteiger charge is 2.21. The van der Waals surface area contributed by atoms with Crippen molar-refractivity contribution in [3.63, 3.8) is 0 Å². The molecule has 0 heterocycles. The monoisotopic (exact) mass is 709 g/mol. The first kappa shape index (κ1) is 47.1. The minimum Gasteiger partial charge on any atom is -0.498 e. The van der Waals surface area contributed by atoms with E-state index in [9.17, 15) is 9.36 Å². The number of unbranched alkanes of at least 4 members (excludes halogenated alkanes) is 18. The minimum atomic E-state index is -4.68. The van der Waals surface area contributed by atoms with Crippen molar-refractivity contribution in [2.45, 2.75) is 180 Å². The fraction of sp³-hybridized carbons (Fsp3) is 0.732. The van der Waals surface area contributed by atoms with Crippen molar-refractivity contribution >= 4 is 13.8 Å². The summed E-state index contributed by atoms with van der Waals surface area (Å²) in [4.78, 5) is 30.5. The second kappa shape index (κ2) is 37.3. The molecule has 0 aromatic carbocycles. The third kappa shape index (κ3) is 40.4. The van der Waals surface area contributed by atoms with E-state index in [0.717, 1.165) is 38.5 Å². The van der Waals surface area contributed by atoms with Gasteiger partial charge in [-0.05, 0) is 63.9 Å². The molecule has 284 valence electrons. The Morgan fingerprint density at radius 1 is 0.551 bits per heavy atom. The Balaban J connectivity index is 3.99. The predicted molar refractivity (Wildman–Crippen MR) is 206 cm³/mol. The molecule has 0 amide bonds. The summed E-state index contributed by atoms with van der Waals surface area (Å²) in [5, 5.41) is 0. The van der Waals surface area contributed by atoms with E-state index in [1.807, 2.05) is 6.08 Å². The van der Waals surface area contributed by atoms with Crippen molar-refractivity contribution in [2.24, 2.45) is 0 Å². The summed E-state index contributed by atoms with van der Waals surface area (Å²) >= 11 is 0. The Morgan fingerprint density at radius 3 is 1.47 bits per heavy atom.